The van der Waals surface area contributed by atoms with Crippen molar-refractivity contribution >= 4 is 5.69 Å². The smallest absolute Gasteiger partial charge is 0.272 e. The second-order valence-electron chi connectivity index (χ2n) is 4.66. The molecule has 1 aromatic heterocycles. The lowest BCUT2D eigenvalue weighted by Gasteiger charge is -2.04. The van der Waals surface area contributed by atoms with E-state index in [4.69, 9.17) is 0 Å². The van der Waals surface area contributed by atoms with Crippen LogP contribution in [0.1, 0.15) is 24.6 Å². The van der Waals surface area contributed by atoms with Crippen molar-refractivity contribution in [2.75, 3.05) is 6.54 Å². The van der Waals surface area contributed by atoms with E-state index in [-0.39, 0.29) is 10.6 Å². The van der Waals surface area contributed by atoms with Gasteiger partial charge in [-0.15, -0.1) is 0 Å². The Morgan fingerprint density at radius 3 is 2.85 bits per heavy atom. The standard InChI is InChI=1S/C14H18N4O2/c1-3-7-15-10-12-6-8-17(16-12)13-4-5-14(18(19)20)11(2)9-13/h4-6,8-9,15H,3,7,10H2,1-2H3. The van der Waals surface area contributed by atoms with Crippen molar-refractivity contribution in [2.45, 2.75) is 26.8 Å². The average Bonchev–Trinajstić information content (AvgIpc) is 2.87. The summed E-state index contributed by atoms with van der Waals surface area (Å²) in [7, 11) is 0. The summed E-state index contributed by atoms with van der Waals surface area (Å²) in [4.78, 5) is 10.4. The lowest BCUT2D eigenvalue weighted by atomic mass is 10.2. The van der Waals surface area contributed by atoms with Gasteiger partial charge in [-0.25, -0.2) is 4.68 Å². The molecule has 0 unspecified atom stereocenters. The lowest BCUT2D eigenvalue weighted by molar-refractivity contribution is -0.385. The minimum Gasteiger partial charge on any atom is -0.311 e. The molecule has 0 atom stereocenters. The van der Waals surface area contributed by atoms with Crippen molar-refractivity contribution in [3.8, 4) is 5.69 Å². The van der Waals surface area contributed by atoms with Crippen molar-refractivity contribution in [1.29, 1.82) is 0 Å². The van der Waals surface area contributed by atoms with Gasteiger partial charge in [0.25, 0.3) is 5.69 Å². The Kier molecular flexibility index (Phi) is 4.47. The average molecular weight is 274 g/mol. The normalized spacial score (nSPS) is 10.7. The predicted octanol–water partition coefficient (Wildman–Crippen LogP) is 2.59. The van der Waals surface area contributed by atoms with E-state index in [1.165, 1.54) is 6.07 Å². The summed E-state index contributed by atoms with van der Waals surface area (Å²) in [6.45, 7) is 5.54. The zero-order valence-electron chi connectivity index (χ0n) is 11.7. The number of benzene rings is 1. The van der Waals surface area contributed by atoms with Crippen LogP contribution in [0.4, 0.5) is 5.69 Å². The Morgan fingerprint density at radius 2 is 2.20 bits per heavy atom. The number of nitro benzene ring substituents is 1. The van der Waals surface area contributed by atoms with Crippen LogP contribution in [0, 0.1) is 17.0 Å². The first-order valence-corrected chi connectivity index (χ1v) is 6.62. The van der Waals surface area contributed by atoms with Gasteiger partial charge in [0.05, 0.1) is 16.3 Å². The molecular weight excluding hydrogens is 256 g/mol. The van der Waals surface area contributed by atoms with Gasteiger partial charge in [0.2, 0.25) is 0 Å². The number of rotatable bonds is 6. The highest BCUT2D eigenvalue weighted by molar-refractivity contribution is 5.47. The van der Waals surface area contributed by atoms with Crippen LogP contribution in [0.2, 0.25) is 0 Å². The maximum atomic E-state index is 10.8. The highest BCUT2D eigenvalue weighted by Gasteiger charge is 2.11. The molecule has 2 aromatic rings. The number of aromatic nitrogens is 2. The first-order valence-electron chi connectivity index (χ1n) is 6.62. The van der Waals surface area contributed by atoms with Crippen molar-refractivity contribution in [1.82, 2.24) is 15.1 Å². The second-order valence-corrected chi connectivity index (χ2v) is 4.66. The predicted molar refractivity (Wildman–Crippen MR) is 77.0 cm³/mol. The molecule has 1 N–H and O–H groups in total. The van der Waals surface area contributed by atoms with E-state index in [1.54, 1.807) is 23.7 Å². The van der Waals surface area contributed by atoms with E-state index < -0.39 is 0 Å². The zero-order chi connectivity index (χ0) is 14.5. The second kappa shape index (κ2) is 6.29. The van der Waals surface area contributed by atoms with E-state index in [2.05, 4.69) is 17.3 Å². The molecule has 0 aliphatic rings. The van der Waals surface area contributed by atoms with Gasteiger partial charge in [0, 0.05) is 24.4 Å². The summed E-state index contributed by atoms with van der Waals surface area (Å²) in [6.07, 6.45) is 2.95. The summed E-state index contributed by atoms with van der Waals surface area (Å²) in [5, 5.41) is 18.5. The fourth-order valence-corrected chi connectivity index (χ4v) is 1.98. The van der Waals surface area contributed by atoms with Gasteiger partial charge < -0.3 is 5.32 Å². The molecule has 0 saturated carbocycles. The van der Waals surface area contributed by atoms with Gasteiger partial charge in [-0.1, -0.05) is 6.92 Å². The van der Waals surface area contributed by atoms with Crippen molar-refractivity contribution in [3.05, 3.63) is 51.8 Å². The van der Waals surface area contributed by atoms with Crippen LogP contribution in [0.5, 0.6) is 0 Å². The maximum Gasteiger partial charge on any atom is 0.272 e. The molecule has 6 nitrogen and oxygen atoms in total. The molecule has 0 radical (unpaired) electrons. The van der Waals surface area contributed by atoms with Crippen LogP contribution < -0.4 is 5.32 Å². The maximum absolute atomic E-state index is 10.8. The molecular formula is C14H18N4O2. The molecule has 6 heteroatoms. The number of aryl methyl sites for hydroxylation is 1. The molecule has 20 heavy (non-hydrogen) atoms. The van der Waals surface area contributed by atoms with E-state index in [9.17, 15) is 10.1 Å². The van der Waals surface area contributed by atoms with Crippen LogP contribution in [-0.2, 0) is 6.54 Å². The third-order valence-corrected chi connectivity index (χ3v) is 3.02. The van der Waals surface area contributed by atoms with Crippen LogP contribution >= 0.6 is 0 Å². The first-order chi connectivity index (χ1) is 9.61. The van der Waals surface area contributed by atoms with Crippen molar-refractivity contribution in [2.24, 2.45) is 0 Å². The third kappa shape index (κ3) is 3.21. The van der Waals surface area contributed by atoms with E-state index in [0.29, 0.717) is 5.56 Å². The quantitative estimate of drug-likeness (QED) is 0.499. The van der Waals surface area contributed by atoms with E-state index in [0.717, 1.165) is 30.9 Å². The number of nitrogens with one attached hydrogen (secondary N) is 1. The van der Waals surface area contributed by atoms with E-state index >= 15 is 0 Å². The molecule has 0 amide bonds. The van der Waals surface area contributed by atoms with Gasteiger partial charge in [0.1, 0.15) is 0 Å². The Morgan fingerprint density at radius 1 is 1.40 bits per heavy atom. The van der Waals surface area contributed by atoms with Crippen LogP contribution in [0.3, 0.4) is 0 Å². The summed E-state index contributed by atoms with van der Waals surface area (Å²) in [5.41, 5.74) is 2.55. The van der Waals surface area contributed by atoms with E-state index in [1.807, 2.05) is 12.3 Å². The molecule has 0 aliphatic carbocycles. The summed E-state index contributed by atoms with van der Waals surface area (Å²) < 4.78 is 1.74. The fraction of sp³-hybridized carbons (Fsp3) is 0.357. The highest BCUT2D eigenvalue weighted by Crippen LogP contribution is 2.20. The molecule has 0 saturated heterocycles. The molecule has 2 rings (SSSR count). The van der Waals surface area contributed by atoms with Gasteiger partial charge in [-0.2, -0.15) is 5.10 Å². The topological polar surface area (TPSA) is 73.0 Å². The Bertz CT molecular complexity index is 607. The Balaban J connectivity index is 2.15. The SMILES string of the molecule is CCCNCc1ccn(-c2ccc([N+](=O)[O-])c(C)c2)n1. The largest absolute Gasteiger partial charge is 0.311 e. The van der Waals surface area contributed by atoms with Gasteiger partial charge in [0.15, 0.2) is 0 Å². The summed E-state index contributed by atoms with van der Waals surface area (Å²) >= 11 is 0. The monoisotopic (exact) mass is 274 g/mol. The number of hydrogen-bond donors (Lipinski definition) is 1. The van der Waals surface area contributed by atoms with Gasteiger partial charge in [-0.3, -0.25) is 10.1 Å². The molecule has 1 heterocycles. The fourth-order valence-electron chi connectivity index (χ4n) is 1.98. The molecule has 0 fully saturated rings. The Hall–Kier alpha value is -2.21. The highest BCUT2D eigenvalue weighted by atomic mass is 16.6. The molecule has 106 valence electrons. The minimum atomic E-state index is -0.373. The molecule has 0 spiro atoms. The minimum absolute atomic E-state index is 0.130. The zero-order valence-corrected chi connectivity index (χ0v) is 11.7. The van der Waals surface area contributed by atoms with Crippen LogP contribution in [0.25, 0.3) is 5.69 Å². The number of hydrogen-bond acceptors (Lipinski definition) is 4. The number of nitro groups is 1. The molecule has 1 aromatic carbocycles. The van der Waals surface area contributed by atoms with Gasteiger partial charge in [-0.05, 0) is 38.1 Å². The summed E-state index contributed by atoms with van der Waals surface area (Å²) in [5.74, 6) is 0. The van der Waals surface area contributed by atoms with Gasteiger partial charge >= 0.3 is 0 Å². The van der Waals surface area contributed by atoms with Crippen LogP contribution in [0.15, 0.2) is 30.5 Å². The molecule has 0 bridgehead atoms. The lowest BCUT2D eigenvalue weighted by Crippen LogP contribution is -2.14. The van der Waals surface area contributed by atoms with Crippen LogP contribution in [-0.4, -0.2) is 21.2 Å². The molecule has 0 aliphatic heterocycles. The first kappa shape index (κ1) is 14.2. The number of nitrogens with zero attached hydrogens (tertiary/aromatic N) is 3. The van der Waals surface area contributed by atoms with Crippen molar-refractivity contribution in [3.63, 3.8) is 0 Å². The van der Waals surface area contributed by atoms with Crippen molar-refractivity contribution < 1.29 is 4.92 Å². The third-order valence-electron chi connectivity index (χ3n) is 3.02. The summed E-state index contributed by atoms with van der Waals surface area (Å²) in [6, 6.07) is 6.94. The Labute approximate surface area is 117 Å².